The Balaban J connectivity index is 1.42. The molecular formula is C20H22N2O2S3. The van der Waals surface area contributed by atoms with Crippen LogP contribution in [0.2, 0.25) is 0 Å². The van der Waals surface area contributed by atoms with Crippen LogP contribution in [0.5, 0.6) is 0 Å². The molecule has 0 spiro atoms. The van der Waals surface area contributed by atoms with Crippen LogP contribution in [0.1, 0.15) is 23.4 Å². The second-order valence-corrected chi connectivity index (χ2v) is 11.2. The average Bonchev–Trinajstić information content (AvgIpc) is 3.32. The summed E-state index contributed by atoms with van der Waals surface area (Å²) in [6.07, 6.45) is 2.86. The van der Waals surface area contributed by atoms with Gasteiger partial charge in [-0.25, -0.2) is 13.4 Å². The van der Waals surface area contributed by atoms with Gasteiger partial charge in [-0.2, -0.15) is 4.31 Å². The Hall–Kier alpha value is -1.54. The summed E-state index contributed by atoms with van der Waals surface area (Å²) in [7, 11) is -3.41. The van der Waals surface area contributed by atoms with Gasteiger partial charge in [-0.3, -0.25) is 0 Å². The van der Waals surface area contributed by atoms with Crippen LogP contribution in [0.25, 0.3) is 10.6 Å². The van der Waals surface area contributed by atoms with Gasteiger partial charge in [-0.15, -0.1) is 22.7 Å². The van der Waals surface area contributed by atoms with Crippen LogP contribution in [0.15, 0.2) is 52.1 Å². The van der Waals surface area contributed by atoms with Crippen LogP contribution in [0, 0.1) is 12.8 Å². The molecule has 1 saturated heterocycles. The van der Waals surface area contributed by atoms with Crippen molar-refractivity contribution in [3.63, 3.8) is 0 Å². The van der Waals surface area contributed by atoms with Crippen LogP contribution >= 0.6 is 22.7 Å². The number of hydrogen-bond acceptors (Lipinski definition) is 5. The predicted molar refractivity (Wildman–Crippen MR) is 112 cm³/mol. The van der Waals surface area contributed by atoms with Crippen LogP contribution < -0.4 is 0 Å². The van der Waals surface area contributed by atoms with Gasteiger partial charge in [-0.05, 0) is 49.8 Å². The van der Waals surface area contributed by atoms with Crippen LogP contribution in [-0.2, 0) is 16.4 Å². The quantitative estimate of drug-likeness (QED) is 0.597. The molecule has 3 aromatic rings. The van der Waals surface area contributed by atoms with Crippen molar-refractivity contribution < 1.29 is 8.42 Å². The molecule has 1 aliphatic heterocycles. The molecule has 1 fully saturated rings. The zero-order valence-electron chi connectivity index (χ0n) is 15.2. The predicted octanol–water partition coefficient (Wildman–Crippen LogP) is 4.82. The van der Waals surface area contributed by atoms with E-state index in [1.807, 2.05) is 24.4 Å². The Morgan fingerprint density at radius 1 is 1.11 bits per heavy atom. The minimum Gasteiger partial charge on any atom is -0.241 e. The largest absolute Gasteiger partial charge is 0.252 e. The molecule has 7 heteroatoms. The summed E-state index contributed by atoms with van der Waals surface area (Å²) >= 11 is 2.90. The maximum Gasteiger partial charge on any atom is 0.252 e. The van der Waals surface area contributed by atoms with E-state index < -0.39 is 10.0 Å². The number of thiophene rings is 1. The summed E-state index contributed by atoms with van der Waals surface area (Å²) in [5.41, 5.74) is 2.20. The monoisotopic (exact) mass is 418 g/mol. The minimum absolute atomic E-state index is 0.421. The molecule has 27 heavy (non-hydrogen) atoms. The number of hydrogen-bond donors (Lipinski definition) is 0. The van der Waals surface area contributed by atoms with Crippen molar-refractivity contribution in [2.24, 2.45) is 5.92 Å². The molecule has 0 saturated carbocycles. The van der Waals surface area contributed by atoms with Gasteiger partial charge in [0.25, 0.3) is 10.0 Å². The van der Waals surface area contributed by atoms with Crippen molar-refractivity contribution >= 4 is 32.7 Å². The highest BCUT2D eigenvalue weighted by Gasteiger charge is 2.30. The van der Waals surface area contributed by atoms with Crippen molar-refractivity contribution in [2.45, 2.75) is 30.4 Å². The number of benzene rings is 1. The third-order valence-corrected chi connectivity index (χ3v) is 9.23. The van der Waals surface area contributed by atoms with Gasteiger partial charge in [0.1, 0.15) is 4.21 Å². The lowest BCUT2D eigenvalue weighted by Gasteiger charge is -2.30. The molecule has 0 atom stereocenters. The fourth-order valence-corrected chi connectivity index (χ4v) is 7.08. The maximum atomic E-state index is 13.0. The fourth-order valence-electron chi connectivity index (χ4n) is 3.50. The molecule has 1 aliphatic rings. The molecule has 142 valence electrons. The summed E-state index contributed by atoms with van der Waals surface area (Å²) in [5, 5.41) is 2.97. The molecule has 3 heterocycles. The number of aryl methyl sites for hydroxylation is 1. The Kier molecular flexibility index (Phi) is 5.45. The second kappa shape index (κ2) is 7.83. The lowest BCUT2D eigenvalue weighted by Crippen LogP contribution is -2.38. The van der Waals surface area contributed by atoms with Gasteiger partial charge in [0, 0.05) is 18.5 Å². The van der Waals surface area contributed by atoms with E-state index in [1.165, 1.54) is 16.9 Å². The van der Waals surface area contributed by atoms with E-state index in [2.05, 4.69) is 29.2 Å². The Bertz CT molecular complexity index is 1000. The maximum absolute atomic E-state index is 13.0. The third kappa shape index (κ3) is 4.16. The minimum atomic E-state index is -3.41. The second-order valence-electron chi connectivity index (χ2n) is 6.91. The van der Waals surface area contributed by atoms with Gasteiger partial charge >= 0.3 is 0 Å². The van der Waals surface area contributed by atoms with Gasteiger partial charge in [0.15, 0.2) is 0 Å². The summed E-state index contributed by atoms with van der Waals surface area (Å²) in [6, 6.07) is 14.0. The number of sulfonamides is 1. The van der Waals surface area contributed by atoms with Gasteiger partial charge in [-0.1, -0.05) is 30.3 Å². The number of rotatable bonds is 5. The summed E-state index contributed by atoms with van der Waals surface area (Å²) in [5.74, 6) is 0.552. The van der Waals surface area contributed by atoms with E-state index in [4.69, 9.17) is 0 Å². The summed E-state index contributed by atoms with van der Waals surface area (Å²) in [4.78, 5) is 5.37. The van der Waals surface area contributed by atoms with E-state index in [-0.39, 0.29) is 0 Å². The standard InChI is InChI=1S/C20H22N2O2S3/c1-15-21-18(14-25-15)19-7-8-20(26-19)27(23,24)22-11-9-17(10-12-22)13-16-5-3-2-4-6-16/h2-8,14,17H,9-13H2,1H3. The SMILES string of the molecule is Cc1nc(-c2ccc(S(=O)(=O)N3CCC(Cc4ccccc4)CC3)s2)cs1. The number of thiazole rings is 1. The molecule has 2 aromatic heterocycles. The first-order valence-corrected chi connectivity index (χ1v) is 12.2. The molecule has 0 amide bonds. The highest BCUT2D eigenvalue weighted by molar-refractivity contribution is 7.91. The molecule has 0 bridgehead atoms. The van der Waals surface area contributed by atoms with Crippen molar-refractivity contribution in [1.29, 1.82) is 0 Å². The van der Waals surface area contributed by atoms with Crippen molar-refractivity contribution in [3.05, 3.63) is 58.4 Å². The summed E-state index contributed by atoms with van der Waals surface area (Å²) < 4.78 is 28.1. The highest BCUT2D eigenvalue weighted by Crippen LogP contribution is 2.34. The number of piperidine rings is 1. The Labute approximate surface area is 168 Å². The van der Waals surface area contributed by atoms with Gasteiger partial charge in [0.05, 0.1) is 15.6 Å². The molecule has 0 radical (unpaired) electrons. The zero-order valence-corrected chi connectivity index (χ0v) is 17.6. The molecule has 4 rings (SSSR count). The zero-order chi connectivity index (χ0) is 18.9. The van der Waals surface area contributed by atoms with Crippen molar-refractivity contribution in [2.75, 3.05) is 13.1 Å². The number of aromatic nitrogens is 1. The molecular weight excluding hydrogens is 396 g/mol. The molecule has 4 nitrogen and oxygen atoms in total. The third-order valence-electron chi connectivity index (χ3n) is 4.99. The van der Waals surface area contributed by atoms with Crippen LogP contribution in [0.4, 0.5) is 0 Å². The lowest BCUT2D eigenvalue weighted by atomic mass is 9.91. The van der Waals surface area contributed by atoms with E-state index in [0.29, 0.717) is 23.2 Å². The van der Waals surface area contributed by atoms with Gasteiger partial charge < -0.3 is 0 Å². The fraction of sp³-hybridized carbons (Fsp3) is 0.350. The van der Waals surface area contributed by atoms with E-state index in [0.717, 1.165) is 34.8 Å². The van der Waals surface area contributed by atoms with Crippen LogP contribution in [0.3, 0.4) is 0 Å². The van der Waals surface area contributed by atoms with E-state index in [9.17, 15) is 8.42 Å². The van der Waals surface area contributed by atoms with E-state index in [1.54, 1.807) is 21.7 Å². The molecule has 0 aliphatic carbocycles. The smallest absolute Gasteiger partial charge is 0.241 e. The Morgan fingerprint density at radius 3 is 2.52 bits per heavy atom. The highest BCUT2D eigenvalue weighted by atomic mass is 32.2. The number of nitrogens with zero attached hydrogens (tertiary/aromatic N) is 2. The summed E-state index contributed by atoms with van der Waals surface area (Å²) in [6.45, 7) is 3.16. The van der Waals surface area contributed by atoms with Crippen molar-refractivity contribution in [1.82, 2.24) is 9.29 Å². The Morgan fingerprint density at radius 2 is 1.85 bits per heavy atom. The van der Waals surface area contributed by atoms with Crippen molar-refractivity contribution in [3.8, 4) is 10.6 Å². The average molecular weight is 419 g/mol. The van der Waals surface area contributed by atoms with E-state index >= 15 is 0 Å². The first-order valence-electron chi connectivity index (χ1n) is 9.09. The van der Waals surface area contributed by atoms with Crippen LogP contribution in [-0.4, -0.2) is 30.8 Å². The molecule has 1 aromatic carbocycles. The topological polar surface area (TPSA) is 50.3 Å². The lowest BCUT2D eigenvalue weighted by molar-refractivity contribution is 0.273. The molecule has 0 N–H and O–H groups in total. The first kappa shape index (κ1) is 18.8. The first-order chi connectivity index (χ1) is 13.0. The van der Waals surface area contributed by atoms with Gasteiger partial charge in [0.2, 0.25) is 0 Å². The normalized spacial score (nSPS) is 16.6. The molecule has 0 unspecified atom stereocenters.